The molecule has 0 bridgehead atoms. The van der Waals surface area contributed by atoms with Crippen molar-refractivity contribution in [2.45, 2.75) is 46.0 Å². The molecule has 1 N–H and O–H groups in total. The highest BCUT2D eigenvalue weighted by Gasteiger charge is 2.13. The second kappa shape index (κ2) is 9.16. The molecule has 0 saturated carbocycles. The first kappa shape index (κ1) is 18.9. The maximum absolute atomic E-state index is 12.2. The Balaban J connectivity index is 1.81. The van der Waals surface area contributed by atoms with E-state index in [1.807, 2.05) is 50.2 Å². The lowest BCUT2D eigenvalue weighted by Gasteiger charge is -2.16. The topological polar surface area (TPSA) is 46.2 Å². The first-order valence-corrected chi connectivity index (χ1v) is 8.93. The van der Waals surface area contributed by atoms with Crippen molar-refractivity contribution in [2.24, 2.45) is 0 Å². The first-order chi connectivity index (χ1) is 12.0. The van der Waals surface area contributed by atoms with Crippen molar-refractivity contribution in [1.82, 2.24) is 5.32 Å². The summed E-state index contributed by atoms with van der Waals surface area (Å²) in [6, 6.07) is 15.9. The summed E-state index contributed by atoms with van der Waals surface area (Å²) in [6.45, 7) is 6.74. The van der Waals surface area contributed by atoms with Crippen LogP contribution in [0.3, 0.4) is 0 Å². The highest BCUT2D eigenvalue weighted by molar-refractivity contribution is 5.98. The predicted octanol–water partition coefficient (Wildman–Crippen LogP) is 4.58. The molecular formula is C22H27NO2. The molecular weight excluding hydrogens is 310 g/mol. The van der Waals surface area contributed by atoms with Gasteiger partial charge in [0.2, 0.25) is 5.91 Å². The van der Waals surface area contributed by atoms with Crippen molar-refractivity contribution in [2.75, 3.05) is 6.54 Å². The zero-order valence-corrected chi connectivity index (χ0v) is 15.3. The highest BCUT2D eigenvalue weighted by atomic mass is 16.2. The van der Waals surface area contributed by atoms with Gasteiger partial charge in [0.25, 0.3) is 0 Å². The summed E-state index contributed by atoms with van der Waals surface area (Å²) in [4.78, 5) is 24.3. The molecule has 25 heavy (non-hydrogen) atoms. The zero-order valence-electron chi connectivity index (χ0n) is 15.3. The van der Waals surface area contributed by atoms with Crippen LogP contribution in [0.5, 0.6) is 0 Å². The summed E-state index contributed by atoms with van der Waals surface area (Å²) in [7, 11) is 0. The van der Waals surface area contributed by atoms with Gasteiger partial charge in [0.05, 0.1) is 0 Å². The molecule has 1 amide bonds. The minimum atomic E-state index is -0.0634. The van der Waals surface area contributed by atoms with Crippen LogP contribution < -0.4 is 5.32 Å². The molecule has 0 heterocycles. The van der Waals surface area contributed by atoms with Gasteiger partial charge in [0.1, 0.15) is 0 Å². The van der Waals surface area contributed by atoms with E-state index >= 15 is 0 Å². The molecule has 0 spiro atoms. The Hall–Kier alpha value is -2.42. The van der Waals surface area contributed by atoms with Crippen LogP contribution in [0.1, 0.15) is 59.2 Å². The molecule has 0 aliphatic rings. The molecule has 1 atom stereocenters. The average Bonchev–Trinajstić information content (AvgIpc) is 2.63. The van der Waals surface area contributed by atoms with Gasteiger partial charge < -0.3 is 5.32 Å². The molecule has 0 aromatic heterocycles. The fourth-order valence-corrected chi connectivity index (χ4v) is 2.83. The molecule has 2 rings (SSSR count). The number of carbonyl (C=O) groups excluding carboxylic acids is 2. The number of hydrogen-bond donors (Lipinski definition) is 1. The Morgan fingerprint density at radius 2 is 1.68 bits per heavy atom. The summed E-state index contributed by atoms with van der Waals surface area (Å²) in [5.41, 5.74) is 4.19. The summed E-state index contributed by atoms with van der Waals surface area (Å²) >= 11 is 0. The van der Waals surface area contributed by atoms with Crippen molar-refractivity contribution in [1.29, 1.82) is 0 Å². The maximum atomic E-state index is 12.2. The van der Waals surface area contributed by atoms with Gasteiger partial charge in [-0.25, -0.2) is 0 Å². The normalized spacial score (nSPS) is 11.8. The Labute approximate surface area is 150 Å². The van der Waals surface area contributed by atoms with E-state index in [4.69, 9.17) is 0 Å². The van der Waals surface area contributed by atoms with E-state index in [2.05, 4.69) is 24.4 Å². The largest absolute Gasteiger partial charge is 0.355 e. The molecule has 1 unspecified atom stereocenters. The monoisotopic (exact) mass is 337 g/mol. The predicted molar refractivity (Wildman–Crippen MR) is 102 cm³/mol. The summed E-state index contributed by atoms with van der Waals surface area (Å²) in [6.07, 6.45) is 1.44. The zero-order chi connectivity index (χ0) is 18.2. The van der Waals surface area contributed by atoms with E-state index in [1.165, 1.54) is 11.1 Å². The molecule has 3 heteroatoms. The summed E-state index contributed by atoms with van der Waals surface area (Å²) in [5.74, 6) is 0.264. The number of rotatable bonds is 8. The van der Waals surface area contributed by atoms with E-state index in [-0.39, 0.29) is 24.5 Å². The second-order valence-electron chi connectivity index (χ2n) is 6.54. The molecule has 0 aliphatic heterocycles. The molecule has 2 aromatic carbocycles. The van der Waals surface area contributed by atoms with Crippen LogP contribution in [-0.2, 0) is 4.79 Å². The van der Waals surface area contributed by atoms with Crippen molar-refractivity contribution in [3.8, 4) is 0 Å². The Morgan fingerprint density at radius 3 is 2.32 bits per heavy atom. The number of benzene rings is 2. The number of ketones is 1. The maximum Gasteiger partial charge on any atom is 0.220 e. The number of aryl methyl sites for hydroxylation is 2. The van der Waals surface area contributed by atoms with Crippen LogP contribution in [0.2, 0.25) is 0 Å². The van der Waals surface area contributed by atoms with Crippen LogP contribution in [-0.4, -0.2) is 18.2 Å². The van der Waals surface area contributed by atoms with Gasteiger partial charge in [0.15, 0.2) is 5.78 Å². The molecule has 0 radical (unpaired) electrons. The minimum Gasteiger partial charge on any atom is -0.355 e. The van der Waals surface area contributed by atoms with E-state index in [1.54, 1.807) is 0 Å². The molecule has 132 valence electrons. The highest BCUT2D eigenvalue weighted by Crippen LogP contribution is 2.18. The SMILES string of the molecule is CCC(CNC(=O)CCC(=O)c1ccc(C)c(C)c1)c1ccccc1. The average molecular weight is 337 g/mol. The van der Waals surface area contributed by atoms with Crippen molar-refractivity contribution in [3.05, 3.63) is 70.8 Å². The van der Waals surface area contributed by atoms with Gasteiger partial charge >= 0.3 is 0 Å². The van der Waals surface area contributed by atoms with Gasteiger partial charge in [-0.3, -0.25) is 9.59 Å². The van der Waals surface area contributed by atoms with Crippen LogP contribution in [0, 0.1) is 13.8 Å². The van der Waals surface area contributed by atoms with Gasteiger partial charge in [-0.15, -0.1) is 0 Å². The van der Waals surface area contributed by atoms with Crippen molar-refractivity contribution in [3.63, 3.8) is 0 Å². The number of carbonyl (C=O) groups is 2. The molecule has 0 saturated heterocycles. The summed E-state index contributed by atoms with van der Waals surface area (Å²) in [5, 5.41) is 2.97. The van der Waals surface area contributed by atoms with E-state index in [0.717, 1.165) is 12.0 Å². The third-order valence-corrected chi connectivity index (χ3v) is 4.72. The van der Waals surface area contributed by atoms with E-state index < -0.39 is 0 Å². The Kier molecular flexibility index (Phi) is 6.93. The molecule has 2 aromatic rings. The standard InChI is InChI=1S/C22H27NO2/c1-4-18(19-8-6-5-7-9-19)15-23-22(25)13-12-21(24)20-11-10-16(2)17(3)14-20/h5-11,14,18H,4,12-13,15H2,1-3H3,(H,23,25). The van der Waals surface area contributed by atoms with Gasteiger partial charge in [-0.1, -0.05) is 49.4 Å². The third kappa shape index (κ3) is 5.56. The Morgan fingerprint density at radius 1 is 0.960 bits per heavy atom. The lowest BCUT2D eigenvalue weighted by atomic mass is 9.96. The van der Waals surface area contributed by atoms with Gasteiger partial charge in [0, 0.05) is 30.9 Å². The van der Waals surface area contributed by atoms with Gasteiger partial charge in [-0.2, -0.15) is 0 Å². The molecule has 0 aliphatic carbocycles. The van der Waals surface area contributed by atoms with Crippen LogP contribution in [0.15, 0.2) is 48.5 Å². The molecule has 0 fully saturated rings. The summed E-state index contributed by atoms with van der Waals surface area (Å²) < 4.78 is 0. The number of nitrogens with one attached hydrogen (secondary N) is 1. The lowest BCUT2D eigenvalue weighted by Crippen LogP contribution is -2.28. The van der Waals surface area contributed by atoms with Crippen molar-refractivity contribution < 1.29 is 9.59 Å². The lowest BCUT2D eigenvalue weighted by molar-refractivity contribution is -0.121. The van der Waals surface area contributed by atoms with E-state index in [9.17, 15) is 9.59 Å². The minimum absolute atomic E-state index is 0.0216. The van der Waals surface area contributed by atoms with Crippen LogP contribution >= 0.6 is 0 Å². The quantitative estimate of drug-likeness (QED) is 0.717. The smallest absolute Gasteiger partial charge is 0.220 e. The van der Waals surface area contributed by atoms with Crippen LogP contribution in [0.4, 0.5) is 0 Å². The Bertz CT molecular complexity index is 722. The second-order valence-corrected chi connectivity index (χ2v) is 6.54. The van der Waals surface area contributed by atoms with Crippen molar-refractivity contribution >= 4 is 11.7 Å². The fraction of sp³-hybridized carbons (Fsp3) is 0.364. The van der Waals surface area contributed by atoms with E-state index in [0.29, 0.717) is 18.0 Å². The van der Waals surface area contributed by atoms with Crippen LogP contribution in [0.25, 0.3) is 0 Å². The van der Waals surface area contributed by atoms with Gasteiger partial charge in [-0.05, 0) is 43.0 Å². The number of hydrogen-bond acceptors (Lipinski definition) is 2. The number of amides is 1. The first-order valence-electron chi connectivity index (χ1n) is 8.93. The third-order valence-electron chi connectivity index (χ3n) is 4.72. The molecule has 3 nitrogen and oxygen atoms in total. The number of Topliss-reactive ketones (excluding diaryl/α,β-unsaturated/α-hetero) is 1. The fourth-order valence-electron chi connectivity index (χ4n) is 2.83.